The summed E-state index contributed by atoms with van der Waals surface area (Å²) in [6.45, 7) is 1.89. The Morgan fingerprint density at radius 1 is 0.893 bits per heavy atom. The maximum Gasteiger partial charge on any atom is 0.279 e. The van der Waals surface area contributed by atoms with Crippen molar-refractivity contribution in [2.24, 2.45) is 5.10 Å². The number of hydrogen-bond acceptors (Lipinski definition) is 3. The zero-order valence-corrected chi connectivity index (χ0v) is 17.4. The Balaban J connectivity index is 2.02. The molecular weight excluding hydrogens is 415 g/mol. The number of rotatable bonds is 6. The summed E-state index contributed by atoms with van der Waals surface area (Å²) >= 11 is 12.4. The van der Waals surface area contributed by atoms with Crippen LogP contribution in [0.3, 0.4) is 0 Å². The first-order valence-electron chi connectivity index (χ1n) is 8.49. The second-order valence-electron chi connectivity index (χ2n) is 6.16. The summed E-state index contributed by atoms with van der Waals surface area (Å²) in [6, 6.07) is 20.8. The molecule has 0 saturated heterocycles. The number of benzene rings is 3. The lowest BCUT2D eigenvalue weighted by molar-refractivity contribution is 0.427. The molecule has 0 fully saturated rings. The fraction of sp³-hybridized carbons (Fsp3) is 0.0952. The van der Waals surface area contributed by atoms with E-state index >= 15 is 0 Å². The van der Waals surface area contributed by atoms with E-state index in [2.05, 4.69) is 5.10 Å². The number of aryl methyl sites for hydroxylation is 1. The molecule has 0 radical (unpaired) electrons. The lowest BCUT2D eigenvalue weighted by Gasteiger charge is -2.20. The van der Waals surface area contributed by atoms with Crippen LogP contribution in [0.5, 0.6) is 0 Å². The Morgan fingerprint density at radius 2 is 1.50 bits per heavy atom. The number of hydrazone groups is 1. The summed E-state index contributed by atoms with van der Waals surface area (Å²) in [5, 5.41) is 5.19. The van der Waals surface area contributed by atoms with Gasteiger partial charge in [-0.05, 0) is 36.8 Å². The average Bonchev–Trinajstić information content (AvgIpc) is 2.68. The third kappa shape index (κ3) is 4.73. The van der Waals surface area contributed by atoms with Crippen LogP contribution in [-0.4, -0.2) is 19.0 Å². The van der Waals surface area contributed by atoms with Crippen LogP contribution in [0.1, 0.15) is 16.7 Å². The van der Waals surface area contributed by atoms with Crippen molar-refractivity contribution < 1.29 is 8.42 Å². The van der Waals surface area contributed by atoms with E-state index in [1.54, 1.807) is 72.8 Å². The largest absolute Gasteiger partial charge is 0.279 e. The lowest BCUT2D eigenvalue weighted by Crippen LogP contribution is -2.26. The summed E-state index contributed by atoms with van der Waals surface area (Å²) in [4.78, 5) is 0.154. The molecule has 3 aromatic carbocycles. The topological polar surface area (TPSA) is 49.7 Å². The van der Waals surface area contributed by atoms with Gasteiger partial charge in [-0.25, -0.2) is 0 Å². The minimum Gasteiger partial charge on any atom is -0.200 e. The van der Waals surface area contributed by atoms with Crippen molar-refractivity contribution in [2.75, 3.05) is 0 Å². The molecule has 0 aliphatic carbocycles. The molecule has 0 amide bonds. The minimum atomic E-state index is -3.88. The number of hydrogen-bond donors (Lipinski definition) is 0. The Bertz CT molecular complexity index is 1100. The fourth-order valence-corrected chi connectivity index (χ4v) is 4.08. The second-order valence-corrected chi connectivity index (χ2v) is 8.81. The van der Waals surface area contributed by atoms with Gasteiger partial charge in [-0.2, -0.15) is 17.9 Å². The van der Waals surface area contributed by atoms with Crippen molar-refractivity contribution >= 4 is 39.4 Å². The molecule has 0 N–H and O–H groups in total. The Kier molecular flexibility index (Phi) is 6.39. The standard InChI is InChI=1S/C21H18Cl2N2O2S/c1-16-10-12-19(13-11-16)28(26,27)25(15-18-7-3-5-9-21(18)23)24-14-17-6-2-4-8-20(17)22/h2-14H,15H2,1H3/b24-14+. The zero-order chi connectivity index (χ0) is 20.1. The molecule has 0 saturated carbocycles. The molecule has 0 atom stereocenters. The predicted octanol–water partition coefficient (Wildman–Crippen LogP) is 5.53. The first-order valence-corrected chi connectivity index (χ1v) is 10.7. The van der Waals surface area contributed by atoms with Crippen LogP contribution in [0.15, 0.2) is 82.8 Å². The number of halogens is 2. The molecule has 0 aromatic heterocycles. The molecule has 4 nitrogen and oxygen atoms in total. The zero-order valence-electron chi connectivity index (χ0n) is 15.1. The van der Waals surface area contributed by atoms with E-state index in [9.17, 15) is 8.42 Å². The second kappa shape index (κ2) is 8.78. The maximum absolute atomic E-state index is 13.2. The fourth-order valence-electron chi connectivity index (χ4n) is 2.50. The minimum absolute atomic E-state index is 0.00314. The molecule has 0 unspecified atom stereocenters. The van der Waals surface area contributed by atoms with Gasteiger partial charge in [0.05, 0.1) is 17.7 Å². The van der Waals surface area contributed by atoms with Gasteiger partial charge in [0, 0.05) is 15.6 Å². The van der Waals surface area contributed by atoms with Crippen molar-refractivity contribution in [2.45, 2.75) is 18.4 Å². The van der Waals surface area contributed by atoms with Crippen LogP contribution in [0.4, 0.5) is 0 Å². The summed E-state index contributed by atoms with van der Waals surface area (Å²) in [7, 11) is -3.88. The Hall–Kier alpha value is -2.34. The van der Waals surface area contributed by atoms with Crippen molar-refractivity contribution in [1.82, 2.24) is 4.41 Å². The van der Waals surface area contributed by atoms with Crippen LogP contribution in [0, 0.1) is 6.92 Å². The van der Waals surface area contributed by atoms with Crippen molar-refractivity contribution in [3.05, 3.63) is 99.5 Å². The maximum atomic E-state index is 13.2. The molecule has 28 heavy (non-hydrogen) atoms. The predicted molar refractivity (Wildman–Crippen MR) is 114 cm³/mol. The SMILES string of the molecule is Cc1ccc(S(=O)(=O)N(Cc2ccccc2Cl)/N=C/c2ccccc2Cl)cc1. The van der Waals surface area contributed by atoms with Crippen LogP contribution in [-0.2, 0) is 16.6 Å². The normalized spacial score (nSPS) is 11.7. The summed E-state index contributed by atoms with van der Waals surface area (Å²) in [6.07, 6.45) is 1.44. The van der Waals surface area contributed by atoms with Gasteiger partial charge in [0.15, 0.2) is 0 Å². The molecule has 144 valence electrons. The van der Waals surface area contributed by atoms with E-state index in [4.69, 9.17) is 23.2 Å². The van der Waals surface area contributed by atoms with Gasteiger partial charge in [0.1, 0.15) is 0 Å². The van der Waals surface area contributed by atoms with E-state index in [0.717, 1.165) is 9.98 Å². The summed E-state index contributed by atoms with van der Waals surface area (Å²) < 4.78 is 27.4. The highest BCUT2D eigenvalue weighted by Crippen LogP contribution is 2.23. The van der Waals surface area contributed by atoms with Gasteiger partial charge < -0.3 is 0 Å². The molecule has 0 aliphatic rings. The van der Waals surface area contributed by atoms with Crippen molar-refractivity contribution in [1.29, 1.82) is 0 Å². The van der Waals surface area contributed by atoms with Gasteiger partial charge in [-0.15, -0.1) is 0 Å². The van der Waals surface area contributed by atoms with E-state index in [0.29, 0.717) is 21.2 Å². The molecule has 3 rings (SSSR count). The van der Waals surface area contributed by atoms with Crippen molar-refractivity contribution in [3.8, 4) is 0 Å². The monoisotopic (exact) mass is 432 g/mol. The first kappa shape index (κ1) is 20.4. The van der Waals surface area contributed by atoms with E-state index in [-0.39, 0.29) is 11.4 Å². The van der Waals surface area contributed by atoms with E-state index in [1.807, 2.05) is 6.92 Å². The van der Waals surface area contributed by atoms with E-state index in [1.165, 1.54) is 6.21 Å². The highest BCUT2D eigenvalue weighted by atomic mass is 35.5. The smallest absolute Gasteiger partial charge is 0.200 e. The Morgan fingerprint density at radius 3 is 2.14 bits per heavy atom. The third-order valence-corrected chi connectivity index (χ3v) is 6.45. The highest BCUT2D eigenvalue weighted by molar-refractivity contribution is 7.89. The van der Waals surface area contributed by atoms with Crippen LogP contribution in [0.2, 0.25) is 10.0 Å². The van der Waals surface area contributed by atoms with E-state index < -0.39 is 10.0 Å². The average molecular weight is 433 g/mol. The lowest BCUT2D eigenvalue weighted by atomic mass is 10.2. The molecule has 7 heteroatoms. The number of sulfonamides is 1. The molecular formula is C21H18Cl2N2O2S. The summed E-state index contributed by atoms with van der Waals surface area (Å²) in [5.74, 6) is 0. The van der Waals surface area contributed by atoms with Crippen LogP contribution in [0.25, 0.3) is 0 Å². The van der Waals surface area contributed by atoms with Gasteiger partial charge in [-0.1, -0.05) is 77.3 Å². The third-order valence-electron chi connectivity index (χ3n) is 4.09. The van der Waals surface area contributed by atoms with Gasteiger partial charge >= 0.3 is 0 Å². The molecule has 3 aromatic rings. The molecule has 0 aliphatic heterocycles. The number of nitrogens with zero attached hydrogens (tertiary/aromatic N) is 2. The molecule has 0 heterocycles. The molecule has 0 spiro atoms. The van der Waals surface area contributed by atoms with Crippen molar-refractivity contribution in [3.63, 3.8) is 0 Å². The van der Waals surface area contributed by atoms with Crippen LogP contribution < -0.4 is 0 Å². The van der Waals surface area contributed by atoms with Gasteiger partial charge in [0.25, 0.3) is 10.0 Å². The Labute approximate surface area is 175 Å². The van der Waals surface area contributed by atoms with Crippen LogP contribution >= 0.6 is 23.2 Å². The van der Waals surface area contributed by atoms with Gasteiger partial charge in [0.2, 0.25) is 0 Å². The first-order chi connectivity index (χ1) is 13.4. The van der Waals surface area contributed by atoms with Gasteiger partial charge in [-0.3, -0.25) is 0 Å². The quantitative estimate of drug-likeness (QED) is 0.379. The molecule has 0 bridgehead atoms. The summed E-state index contributed by atoms with van der Waals surface area (Å²) in [5.41, 5.74) is 2.24. The highest BCUT2D eigenvalue weighted by Gasteiger charge is 2.24.